The SMILES string of the molecule is CC(C)CN1CCC2(COCc3cnc(-c4ccccc4)nc32)C1. The number of hydrogen-bond donors (Lipinski definition) is 0. The number of rotatable bonds is 3. The second kappa shape index (κ2) is 6.26. The molecule has 0 radical (unpaired) electrons. The summed E-state index contributed by atoms with van der Waals surface area (Å²) in [4.78, 5) is 12.2. The molecule has 3 heterocycles. The minimum Gasteiger partial charge on any atom is -0.376 e. The fraction of sp³-hybridized carbons (Fsp3) is 0.500. The van der Waals surface area contributed by atoms with Crippen molar-refractivity contribution >= 4 is 0 Å². The molecule has 1 unspecified atom stereocenters. The number of aromatic nitrogens is 2. The van der Waals surface area contributed by atoms with Crippen LogP contribution in [0.5, 0.6) is 0 Å². The molecule has 4 nitrogen and oxygen atoms in total. The second-order valence-corrected chi connectivity index (χ2v) is 7.59. The summed E-state index contributed by atoms with van der Waals surface area (Å²) in [5, 5.41) is 0. The molecule has 1 aromatic carbocycles. The maximum absolute atomic E-state index is 5.93. The standard InChI is InChI=1S/C20H25N3O/c1-15(2)11-23-9-8-20(13-23)14-24-12-17-10-21-19(22-18(17)20)16-6-4-3-5-7-16/h3-7,10,15H,8-9,11-14H2,1-2H3. The molecule has 4 heteroatoms. The van der Waals surface area contributed by atoms with Crippen molar-refractivity contribution in [3.63, 3.8) is 0 Å². The van der Waals surface area contributed by atoms with Gasteiger partial charge in [0.15, 0.2) is 5.82 Å². The summed E-state index contributed by atoms with van der Waals surface area (Å²) in [5.41, 5.74) is 3.50. The average molecular weight is 323 g/mol. The Kier molecular flexibility index (Phi) is 4.10. The molecular weight excluding hydrogens is 298 g/mol. The van der Waals surface area contributed by atoms with Gasteiger partial charge >= 0.3 is 0 Å². The highest BCUT2D eigenvalue weighted by Crippen LogP contribution is 2.39. The van der Waals surface area contributed by atoms with Gasteiger partial charge in [-0.2, -0.15) is 0 Å². The Bertz CT molecular complexity index is 716. The van der Waals surface area contributed by atoms with Crippen LogP contribution in [0.4, 0.5) is 0 Å². The Balaban J connectivity index is 1.69. The van der Waals surface area contributed by atoms with Crippen LogP contribution >= 0.6 is 0 Å². The minimum absolute atomic E-state index is 0.0367. The molecule has 126 valence electrons. The molecule has 24 heavy (non-hydrogen) atoms. The van der Waals surface area contributed by atoms with Crippen molar-refractivity contribution in [2.45, 2.75) is 32.3 Å². The van der Waals surface area contributed by atoms with Gasteiger partial charge in [-0.1, -0.05) is 44.2 Å². The highest BCUT2D eigenvalue weighted by molar-refractivity contribution is 5.55. The number of nitrogens with zero attached hydrogens (tertiary/aromatic N) is 3. The first-order valence-corrected chi connectivity index (χ1v) is 8.88. The van der Waals surface area contributed by atoms with Crippen LogP contribution < -0.4 is 0 Å². The Labute approximate surface area is 143 Å². The van der Waals surface area contributed by atoms with Gasteiger partial charge in [-0.15, -0.1) is 0 Å². The van der Waals surface area contributed by atoms with E-state index in [2.05, 4.69) is 35.9 Å². The van der Waals surface area contributed by atoms with E-state index in [9.17, 15) is 0 Å². The van der Waals surface area contributed by atoms with Gasteiger partial charge in [-0.3, -0.25) is 0 Å². The van der Waals surface area contributed by atoms with Crippen LogP contribution in [0.1, 0.15) is 31.5 Å². The average Bonchev–Trinajstić information content (AvgIpc) is 2.98. The third-order valence-corrected chi connectivity index (χ3v) is 5.09. The molecule has 1 fully saturated rings. The number of hydrogen-bond acceptors (Lipinski definition) is 4. The predicted molar refractivity (Wildman–Crippen MR) is 94.7 cm³/mol. The molecule has 2 aromatic rings. The molecule has 0 N–H and O–H groups in total. The van der Waals surface area contributed by atoms with Crippen molar-refractivity contribution < 1.29 is 4.74 Å². The van der Waals surface area contributed by atoms with Crippen LogP contribution in [0.15, 0.2) is 36.5 Å². The second-order valence-electron chi connectivity index (χ2n) is 7.59. The van der Waals surface area contributed by atoms with Crippen molar-refractivity contribution in [2.75, 3.05) is 26.2 Å². The summed E-state index contributed by atoms with van der Waals surface area (Å²) < 4.78 is 5.93. The number of benzene rings is 1. The number of likely N-dealkylation sites (tertiary alicyclic amines) is 1. The molecule has 0 saturated carbocycles. The van der Waals surface area contributed by atoms with E-state index >= 15 is 0 Å². The van der Waals surface area contributed by atoms with E-state index in [0.29, 0.717) is 12.5 Å². The summed E-state index contributed by atoms with van der Waals surface area (Å²) in [7, 11) is 0. The lowest BCUT2D eigenvalue weighted by Gasteiger charge is -2.34. The summed E-state index contributed by atoms with van der Waals surface area (Å²) in [6, 6.07) is 10.3. The highest BCUT2D eigenvalue weighted by Gasteiger charge is 2.44. The topological polar surface area (TPSA) is 38.2 Å². The lowest BCUT2D eigenvalue weighted by atomic mass is 9.80. The third kappa shape index (κ3) is 2.85. The third-order valence-electron chi connectivity index (χ3n) is 5.09. The lowest BCUT2D eigenvalue weighted by molar-refractivity contribution is 0.0501. The van der Waals surface area contributed by atoms with Crippen molar-refractivity contribution in [2.24, 2.45) is 5.92 Å². The molecule has 1 spiro atoms. The molecule has 2 aliphatic heterocycles. The molecule has 0 bridgehead atoms. The summed E-state index contributed by atoms with van der Waals surface area (Å²) in [6.45, 7) is 9.30. The Morgan fingerprint density at radius 1 is 1.25 bits per heavy atom. The van der Waals surface area contributed by atoms with Crippen molar-refractivity contribution in [3.05, 3.63) is 47.8 Å². The normalized spacial score (nSPS) is 23.8. The minimum atomic E-state index is 0.0367. The van der Waals surface area contributed by atoms with Gasteiger partial charge in [0, 0.05) is 30.4 Å². The quantitative estimate of drug-likeness (QED) is 0.869. The first kappa shape index (κ1) is 15.7. The van der Waals surface area contributed by atoms with Crippen molar-refractivity contribution in [1.29, 1.82) is 0 Å². The maximum Gasteiger partial charge on any atom is 0.159 e. The largest absolute Gasteiger partial charge is 0.376 e. The zero-order valence-corrected chi connectivity index (χ0v) is 14.5. The van der Waals surface area contributed by atoms with Crippen LogP contribution in [-0.4, -0.2) is 41.1 Å². The van der Waals surface area contributed by atoms with Gasteiger partial charge in [-0.25, -0.2) is 9.97 Å². The van der Waals surface area contributed by atoms with Gasteiger partial charge in [0.2, 0.25) is 0 Å². The van der Waals surface area contributed by atoms with E-state index < -0.39 is 0 Å². The Morgan fingerprint density at radius 2 is 2.08 bits per heavy atom. The molecule has 2 aliphatic rings. The number of fused-ring (bicyclic) bond motifs is 2. The Hall–Kier alpha value is -1.78. The highest BCUT2D eigenvalue weighted by atomic mass is 16.5. The molecule has 1 aromatic heterocycles. The first-order valence-electron chi connectivity index (χ1n) is 8.88. The monoisotopic (exact) mass is 323 g/mol. The van der Waals surface area contributed by atoms with Gasteiger partial charge in [0.1, 0.15) is 0 Å². The summed E-state index contributed by atoms with van der Waals surface area (Å²) >= 11 is 0. The van der Waals surface area contributed by atoms with Gasteiger partial charge in [-0.05, 0) is 18.9 Å². The van der Waals surface area contributed by atoms with Crippen LogP contribution in [0.3, 0.4) is 0 Å². The van der Waals surface area contributed by atoms with Crippen LogP contribution in [0.25, 0.3) is 11.4 Å². The summed E-state index contributed by atoms with van der Waals surface area (Å²) in [5.74, 6) is 1.52. The first-order chi connectivity index (χ1) is 11.7. The van der Waals surface area contributed by atoms with Crippen LogP contribution in [0, 0.1) is 5.92 Å². The van der Waals surface area contributed by atoms with E-state index in [1.807, 2.05) is 24.4 Å². The predicted octanol–water partition coefficient (Wildman–Crippen LogP) is 3.27. The smallest absolute Gasteiger partial charge is 0.159 e. The van der Waals surface area contributed by atoms with Gasteiger partial charge in [0.25, 0.3) is 0 Å². The zero-order valence-electron chi connectivity index (χ0n) is 14.5. The van der Waals surface area contributed by atoms with E-state index in [0.717, 1.165) is 49.6 Å². The van der Waals surface area contributed by atoms with E-state index in [-0.39, 0.29) is 5.41 Å². The molecule has 1 saturated heterocycles. The Morgan fingerprint density at radius 3 is 2.88 bits per heavy atom. The molecule has 4 rings (SSSR count). The van der Waals surface area contributed by atoms with E-state index in [1.54, 1.807) is 0 Å². The summed E-state index contributed by atoms with van der Waals surface area (Å²) in [6.07, 6.45) is 3.09. The maximum atomic E-state index is 5.93. The molecule has 1 atom stereocenters. The fourth-order valence-corrected chi connectivity index (χ4v) is 4.06. The van der Waals surface area contributed by atoms with E-state index in [4.69, 9.17) is 9.72 Å². The molecule has 0 aliphatic carbocycles. The molecular formula is C20H25N3O. The lowest BCUT2D eigenvalue weighted by Crippen LogP contribution is -2.41. The zero-order chi connectivity index (χ0) is 16.6. The van der Waals surface area contributed by atoms with Crippen LogP contribution in [-0.2, 0) is 16.8 Å². The van der Waals surface area contributed by atoms with E-state index in [1.165, 1.54) is 5.69 Å². The van der Waals surface area contributed by atoms with Crippen molar-refractivity contribution in [3.8, 4) is 11.4 Å². The van der Waals surface area contributed by atoms with Gasteiger partial charge in [0.05, 0.1) is 24.3 Å². The van der Waals surface area contributed by atoms with Gasteiger partial charge < -0.3 is 9.64 Å². The number of ether oxygens (including phenoxy) is 1. The molecule has 0 amide bonds. The van der Waals surface area contributed by atoms with Crippen LogP contribution in [0.2, 0.25) is 0 Å². The fourth-order valence-electron chi connectivity index (χ4n) is 4.06. The van der Waals surface area contributed by atoms with Crippen molar-refractivity contribution in [1.82, 2.24) is 14.9 Å².